The minimum Gasteiger partial charge on any atom is -0.369 e. The van der Waals surface area contributed by atoms with E-state index < -0.39 is 0 Å². The van der Waals surface area contributed by atoms with Crippen molar-refractivity contribution < 1.29 is 9.26 Å². The van der Waals surface area contributed by atoms with Crippen LogP contribution in [0.5, 0.6) is 0 Å². The summed E-state index contributed by atoms with van der Waals surface area (Å²) in [5.41, 5.74) is 5.68. The van der Waals surface area contributed by atoms with Crippen LogP contribution in [0.25, 0.3) is 0 Å². The van der Waals surface area contributed by atoms with Crippen molar-refractivity contribution in [2.24, 2.45) is 0 Å². The van der Waals surface area contributed by atoms with Crippen molar-refractivity contribution in [2.45, 2.75) is 31.5 Å². The van der Waals surface area contributed by atoms with Gasteiger partial charge in [0.05, 0.1) is 24.3 Å². The van der Waals surface area contributed by atoms with Crippen LogP contribution >= 0.6 is 0 Å². The number of nitrogens with zero attached hydrogens (tertiary/aromatic N) is 1. The summed E-state index contributed by atoms with van der Waals surface area (Å²) in [6.45, 7) is 0.578. The van der Waals surface area contributed by atoms with Crippen LogP contribution in [0, 0.1) is 0 Å². The zero-order chi connectivity index (χ0) is 23.7. The minimum atomic E-state index is -0.0180. The van der Waals surface area contributed by atoms with Gasteiger partial charge in [0.2, 0.25) is 0 Å². The van der Waals surface area contributed by atoms with E-state index in [2.05, 4.69) is 96.2 Å². The lowest BCUT2D eigenvalue weighted by molar-refractivity contribution is 0.0338. The quantitative estimate of drug-likeness (QED) is 0.214. The molecule has 0 aliphatic heterocycles. The fourth-order valence-corrected chi connectivity index (χ4v) is 4.46. The second kappa shape index (κ2) is 11.5. The Kier molecular flexibility index (Phi) is 7.47. The number of ether oxygens (including phenoxy) is 1. The Labute approximate surface area is 207 Å². The van der Waals surface area contributed by atoms with E-state index in [1.807, 2.05) is 36.4 Å². The molecule has 0 amide bonds. The van der Waals surface area contributed by atoms with Crippen LogP contribution in [-0.2, 0) is 17.8 Å². The first-order valence-corrected chi connectivity index (χ1v) is 12.1. The smallest absolute Gasteiger partial charge is 0.148 e. The minimum absolute atomic E-state index is 0.0119. The largest absolute Gasteiger partial charge is 0.369 e. The maximum absolute atomic E-state index is 6.37. The van der Waals surface area contributed by atoms with E-state index in [1.54, 1.807) is 0 Å². The Bertz CT molecular complexity index is 1250. The third-order valence-electron chi connectivity index (χ3n) is 6.26. The monoisotopic (exact) mass is 459 g/mol. The van der Waals surface area contributed by atoms with Crippen molar-refractivity contribution >= 4 is 0 Å². The van der Waals surface area contributed by atoms with E-state index in [0.29, 0.717) is 6.61 Å². The van der Waals surface area contributed by atoms with Gasteiger partial charge in [-0.25, -0.2) is 0 Å². The predicted octanol–water partition coefficient (Wildman–Crippen LogP) is 7.75. The van der Waals surface area contributed by atoms with E-state index in [0.717, 1.165) is 24.3 Å². The number of hydrogen-bond donors (Lipinski definition) is 0. The van der Waals surface area contributed by atoms with Gasteiger partial charge < -0.3 is 9.26 Å². The summed E-state index contributed by atoms with van der Waals surface area (Å²) in [5, 5.41) is 4.44. The van der Waals surface area contributed by atoms with E-state index in [1.165, 1.54) is 22.3 Å². The number of rotatable bonds is 10. The average molecular weight is 460 g/mol. The normalized spacial score (nSPS) is 12.0. The van der Waals surface area contributed by atoms with Crippen LogP contribution in [0.2, 0.25) is 0 Å². The molecule has 4 aromatic carbocycles. The highest BCUT2D eigenvalue weighted by Gasteiger charge is 2.22. The second-order valence-electron chi connectivity index (χ2n) is 8.71. The lowest BCUT2D eigenvalue weighted by Gasteiger charge is -2.18. The average Bonchev–Trinajstić information content (AvgIpc) is 3.39. The van der Waals surface area contributed by atoms with Gasteiger partial charge in [-0.15, -0.1) is 0 Å². The maximum atomic E-state index is 6.37. The molecule has 1 aromatic heterocycles. The van der Waals surface area contributed by atoms with E-state index >= 15 is 0 Å². The molecular weight excluding hydrogens is 430 g/mol. The van der Waals surface area contributed by atoms with Crippen LogP contribution in [0.1, 0.15) is 52.2 Å². The summed E-state index contributed by atoms with van der Waals surface area (Å²) in [7, 11) is 0. The predicted molar refractivity (Wildman–Crippen MR) is 139 cm³/mol. The Morgan fingerprint density at radius 3 is 1.71 bits per heavy atom. The lowest BCUT2D eigenvalue weighted by atomic mass is 9.89. The van der Waals surface area contributed by atoms with Gasteiger partial charge in [0.25, 0.3) is 0 Å². The molecular formula is C32H29NO2. The number of benzene rings is 4. The topological polar surface area (TPSA) is 35.3 Å². The van der Waals surface area contributed by atoms with Crippen LogP contribution in [0.4, 0.5) is 0 Å². The molecule has 1 heterocycles. The van der Waals surface area contributed by atoms with Crippen LogP contribution in [0.15, 0.2) is 132 Å². The van der Waals surface area contributed by atoms with Gasteiger partial charge in [-0.1, -0.05) is 126 Å². The highest BCUT2D eigenvalue weighted by Crippen LogP contribution is 2.33. The van der Waals surface area contributed by atoms with Crippen LogP contribution in [-0.4, -0.2) is 5.16 Å². The second-order valence-corrected chi connectivity index (χ2v) is 8.71. The Morgan fingerprint density at radius 2 is 1.14 bits per heavy atom. The molecule has 3 heteroatoms. The summed E-state index contributed by atoms with van der Waals surface area (Å²) in [6.07, 6.45) is 1.58. The molecule has 0 radical (unpaired) electrons. The zero-order valence-electron chi connectivity index (χ0n) is 19.7. The van der Waals surface area contributed by atoms with Gasteiger partial charge in [-0.05, 0) is 35.1 Å². The third kappa shape index (κ3) is 5.95. The molecule has 0 aliphatic carbocycles. The van der Waals surface area contributed by atoms with Crippen molar-refractivity contribution in [2.75, 3.05) is 0 Å². The van der Waals surface area contributed by atoms with Crippen molar-refractivity contribution in [3.63, 3.8) is 0 Å². The highest BCUT2D eigenvalue weighted by atomic mass is 16.5. The fourth-order valence-electron chi connectivity index (χ4n) is 4.46. The summed E-state index contributed by atoms with van der Waals surface area (Å²) in [4.78, 5) is 0. The summed E-state index contributed by atoms with van der Waals surface area (Å²) >= 11 is 0. The van der Waals surface area contributed by atoms with E-state index in [9.17, 15) is 0 Å². The summed E-state index contributed by atoms with van der Waals surface area (Å²) in [5.74, 6) is 0.872. The number of hydrogen-bond acceptors (Lipinski definition) is 3. The Balaban J connectivity index is 1.33. The van der Waals surface area contributed by atoms with Gasteiger partial charge in [-0.2, -0.15) is 0 Å². The molecule has 0 fully saturated rings. The highest BCUT2D eigenvalue weighted by molar-refractivity contribution is 5.39. The Morgan fingerprint density at radius 1 is 0.629 bits per heavy atom. The lowest BCUT2D eigenvalue weighted by Crippen LogP contribution is -2.06. The summed E-state index contributed by atoms with van der Waals surface area (Å²) in [6, 6.07) is 43.7. The molecule has 0 saturated heterocycles. The van der Waals surface area contributed by atoms with Gasteiger partial charge in [0.15, 0.2) is 0 Å². The van der Waals surface area contributed by atoms with E-state index in [-0.39, 0.29) is 12.0 Å². The molecule has 0 aliphatic rings. The zero-order valence-corrected chi connectivity index (χ0v) is 19.7. The molecule has 0 saturated carbocycles. The Hall–Kier alpha value is -3.95. The van der Waals surface area contributed by atoms with Gasteiger partial charge in [0.1, 0.15) is 5.76 Å². The van der Waals surface area contributed by atoms with Gasteiger partial charge in [0, 0.05) is 6.07 Å². The standard InChI is InChI=1S/C32H29NO2/c1-5-13-25(14-6-1)24-34-30(26-15-7-2-8-16-26)22-21-29-23-31(35-33-29)32(27-17-9-3-10-18-27)28-19-11-4-12-20-28/h1-20,23,30,32H,21-22,24H2. The van der Waals surface area contributed by atoms with Crippen molar-refractivity contribution in [1.29, 1.82) is 0 Å². The van der Waals surface area contributed by atoms with Crippen LogP contribution < -0.4 is 0 Å². The molecule has 1 atom stereocenters. The SMILES string of the molecule is c1ccc(COC(CCc2cc(C(c3ccccc3)c3ccccc3)on2)c2ccccc2)cc1. The van der Waals surface area contributed by atoms with Gasteiger partial charge >= 0.3 is 0 Å². The molecule has 1 unspecified atom stereocenters. The molecule has 0 spiro atoms. The van der Waals surface area contributed by atoms with E-state index in [4.69, 9.17) is 9.26 Å². The molecule has 3 nitrogen and oxygen atoms in total. The van der Waals surface area contributed by atoms with Crippen LogP contribution in [0.3, 0.4) is 0 Å². The number of aromatic nitrogens is 1. The fraction of sp³-hybridized carbons (Fsp3) is 0.156. The van der Waals surface area contributed by atoms with Crippen molar-refractivity contribution in [3.8, 4) is 0 Å². The summed E-state index contributed by atoms with van der Waals surface area (Å²) < 4.78 is 12.3. The van der Waals surface area contributed by atoms with Crippen molar-refractivity contribution in [3.05, 3.63) is 161 Å². The first-order chi connectivity index (χ1) is 17.4. The number of aryl methyl sites for hydroxylation is 1. The maximum Gasteiger partial charge on any atom is 0.148 e. The van der Waals surface area contributed by atoms with Crippen molar-refractivity contribution in [1.82, 2.24) is 5.16 Å². The first kappa shape index (κ1) is 22.8. The first-order valence-electron chi connectivity index (χ1n) is 12.1. The molecule has 5 aromatic rings. The molecule has 0 N–H and O–H groups in total. The molecule has 5 rings (SSSR count). The third-order valence-corrected chi connectivity index (χ3v) is 6.26. The molecule has 0 bridgehead atoms. The molecule has 35 heavy (non-hydrogen) atoms. The van der Waals surface area contributed by atoms with Gasteiger partial charge in [-0.3, -0.25) is 0 Å². The molecule has 174 valence electrons.